The van der Waals surface area contributed by atoms with Crippen molar-refractivity contribution >= 4 is 0 Å². The molecule has 0 atom stereocenters. The Balaban J connectivity index is 0.000000562. The molecule has 0 fully saturated rings. The molecule has 0 saturated heterocycles. The van der Waals surface area contributed by atoms with E-state index in [1.54, 1.807) is 0 Å². The van der Waals surface area contributed by atoms with E-state index in [0.717, 1.165) is 6.42 Å². The Hall–Kier alpha value is -0.483. The molecular formula is C13H10BrLi. The average molecular weight is 253 g/mol. The summed E-state index contributed by atoms with van der Waals surface area (Å²) in [5, 5.41) is 0. The van der Waals surface area contributed by atoms with Crippen LogP contribution >= 0.6 is 0 Å². The van der Waals surface area contributed by atoms with Crippen molar-refractivity contribution in [2.75, 3.05) is 0 Å². The predicted molar refractivity (Wildman–Crippen MR) is 54.7 cm³/mol. The fourth-order valence-electron chi connectivity index (χ4n) is 2.08. The minimum absolute atomic E-state index is 0. The average Bonchev–Trinajstić information content (AvgIpc) is 2.56. The second kappa shape index (κ2) is 5.03. The van der Waals surface area contributed by atoms with Crippen LogP contribution in [0.4, 0.5) is 0 Å². The van der Waals surface area contributed by atoms with Crippen molar-refractivity contribution in [2.45, 2.75) is 6.42 Å². The third-order valence-corrected chi connectivity index (χ3v) is 2.71. The fraction of sp³-hybridized carbons (Fsp3) is 0.0769. The molecular weight excluding hydrogens is 243 g/mol. The predicted octanol–water partition coefficient (Wildman–Crippen LogP) is -2.73. The van der Waals surface area contributed by atoms with Gasteiger partial charge in [0.1, 0.15) is 0 Å². The molecule has 0 heterocycles. The maximum atomic E-state index is 2.22. The van der Waals surface area contributed by atoms with Crippen molar-refractivity contribution in [3.63, 3.8) is 0 Å². The maximum Gasteiger partial charge on any atom is 1.00 e. The van der Waals surface area contributed by atoms with Gasteiger partial charge in [0.05, 0.1) is 0 Å². The zero-order valence-corrected chi connectivity index (χ0v) is 10.3. The van der Waals surface area contributed by atoms with E-state index >= 15 is 0 Å². The Morgan fingerprint density at radius 3 is 1.53 bits per heavy atom. The van der Waals surface area contributed by atoms with Gasteiger partial charge in [-0.1, -0.05) is 48.5 Å². The maximum absolute atomic E-state index is 2.22. The van der Waals surface area contributed by atoms with Crippen LogP contribution in [-0.4, -0.2) is 0 Å². The van der Waals surface area contributed by atoms with Crippen LogP contribution in [0, 0.1) is 0 Å². The largest absolute Gasteiger partial charge is 1.00 e. The van der Waals surface area contributed by atoms with E-state index in [1.165, 1.54) is 22.3 Å². The first-order chi connectivity index (χ1) is 6.45. The second-order valence-electron chi connectivity index (χ2n) is 3.49. The van der Waals surface area contributed by atoms with E-state index in [1.807, 2.05) is 0 Å². The van der Waals surface area contributed by atoms with Gasteiger partial charge in [0.2, 0.25) is 0 Å². The van der Waals surface area contributed by atoms with Gasteiger partial charge in [-0.05, 0) is 28.7 Å². The number of halogens is 1. The van der Waals surface area contributed by atoms with Crippen LogP contribution in [-0.2, 0) is 6.42 Å². The summed E-state index contributed by atoms with van der Waals surface area (Å²) in [4.78, 5) is 0. The summed E-state index contributed by atoms with van der Waals surface area (Å²) in [5.41, 5.74) is 5.75. The van der Waals surface area contributed by atoms with E-state index in [0.29, 0.717) is 0 Å². The van der Waals surface area contributed by atoms with Crippen molar-refractivity contribution in [1.29, 1.82) is 0 Å². The summed E-state index contributed by atoms with van der Waals surface area (Å²) in [7, 11) is 0. The van der Waals surface area contributed by atoms with Crippen molar-refractivity contribution in [1.82, 2.24) is 0 Å². The summed E-state index contributed by atoms with van der Waals surface area (Å²) in [6.45, 7) is 0. The van der Waals surface area contributed by atoms with E-state index in [-0.39, 0.29) is 35.8 Å². The summed E-state index contributed by atoms with van der Waals surface area (Å²) in [6.07, 6.45) is 1.10. The van der Waals surface area contributed by atoms with Crippen LogP contribution in [0.25, 0.3) is 11.1 Å². The first-order valence-corrected chi connectivity index (χ1v) is 4.61. The van der Waals surface area contributed by atoms with Gasteiger partial charge in [-0.25, -0.2) is 0 Å². The van der Waals surface area contributed by atoms with E-state index < -0.39 is 0 Å². The topological polar surface area (TPSA) is 0 Å². The van der Waals surface area contributed by atoms with E-state index in [9.17, 15) is 0 Å². The summed E-state index contributed by atoms with van der Waals surface area (Å²) >= 11 is 0. The zero-order chi connectivity index (χ0) is 8.67. The minimum atomic E-state index is 0. The second-order valence-corrected chi connectivity index (χ2v) is 3.49. The Labute approximate surface area is 113 Å². The molecule has 0 radical (unpaired) electrons. The van der Waals surface area contributed by atoms with Gasteiger partial charge >= 0.3 is 18.9 Å². The third-order valence-electron chi connectivity index (χ3n) is 2.71. The Bertz CT molecular complexity index is 422. The molecule has 2 heteroatoms. The third kappa shape index (κ3) is 2.06. The monoisotopic (exact) mass is 252 g/mol. The zero-order valence-electron chi connectivity index (χ0n) is 8.70. The number of fused-ring (bicyclic) bond motifs is 3. The molecule has 0 bridgehead atoms. The first-order valence-electron chi connectivity index (χ1n) is 4.61. The van der Waals surface area contributed by atoms with Crippen molar-refractivity contribution in [2.24, 2.45) is 0 Å². The molecule has 2 aromatic rings. The Morgan fingerprint density at radius 1 is 0.667 bits per heavy atom. The van der Waals surface area contributed by atoms with Gasteiger partial charge in [-0.3, -0.25) is 0 Å². The molecule has 1 aliphatic carbocycles. The van der Waals surface area contributed by atoms with Crippen molar-refractivity contribution in [3.05, 3.63) is 59.7 Å². The molecule has 0 unspecified atom stereocenters. The molecule has 0 amide bonds. The molecule has 0 spiro atoms. The van der Waals surface area contributed by atoms with Gasteiger partial charge in [0.25, 0.3) is 0 Å². The fourth-order valence-corrected chi connectivity index (χ4v) is 2.08. The normalized spacial score (nSPS) is 10.7. The summed E-state index contributed by atoms with van der Waals surface area (Å²) < 4.78 is 0. The smallest absolute Gasteiger partial charge is 1.00 e. The molecule has 0 nitrogen and oxygen atoms in total. The summed E-state index contributed by atoms with van der Waals surface area (Å²) in [6, 6.07) is 17.3. The Kier molecular flexibility index (Phi) is 4.22. The van der Waals surface area contributed by atoms with Crippen LogP contribution in [0.5, 0.6) is 0 Å². The van der Waals surface area contributed by atoms with Crippen molar-refractivity contribution in [3.8, 4) is 11.1 Å². The first kappa shape index (κ1) is 12.6. The number of benzene rings is 2. The van der Waals surface area contributed by atoms with E-state index in [2.05, 4.69) is 48.5 Å². The molecule has 15 heavy (non-hydrogen) atoms. The standard InChI is InChI=1S/C13H10.BrH.Li/c1-3-7-12-10(5-1)9-11-6-2-4-8-13(11)12;;/h1-8H,9H2;1H;/q;;+1/p-1. The van der Waals surface area contributed by atoms with Gasteiger partial charge in [0, 0.05) is 0 Å². The molecule has 2 aromatic carbocycles. The molecule has 0 aromatic heterocycles. The van der Waals surface area contributed by atoms with Crippen LogP contribution in [0.15, 0.2) is 48.5 Å². The van der Waals surface area contributed by atoms with Gasteiger partial charge < -0.3 is 17.0 Å². The minimum Gasteiger partial charge on any atom is -1.00 e. The van der Waals surface area contributed by atoms with Gasteiger partial charge in [-0.2, -0.15) is 0 Å². The molecule has 0 saturated carbocycles. The quantitative estimate of drug-likeness (QED) is 0.381. The molecule has 0 aliphatic heterocycles. The molecule has 0 N–H and O–H groups in total. The van der Waals surface area contributed by atoms with Crippen LogP contribution in [0.1, 0.15) is 11.1 Å². The van der Waals surface area contributed by atoms with Gasteiger partial charge in [-0.15, -0.1) is 0 Å². The van der Waals surface area contributed by atoms with Crippen LogP contribution < -0.4 is 35.8 Å². The number of hydrogen-bond donors (Lipinski definition) is 0. The molecule has 3 rings (SSSR count). The molecule has 70 valence electrons. The number of hydrogen-bond acceptors (Lipinski definition) is 0. The van der Waals surface area contributed by atoms with Crippen LogP contribution in [0.3, 0.4) is 0 Å². The van der Waals surface area contributed by atoms with Crippen LogP contribution in [0.2, 0.25) is 0 Å². The van der Waals surface area contributed by atoms with Gasteiger partial charge in [0.15, 0.2) is 0 Å². The number of rotatable bonds is 0. The molecule has 1 aliphatic rings. The van der Waals surface area contributed by atoms with E-state index in [4.69, 9.17) is 0 Å². The SMILES string of the molecule is [Br-].[Li+].c1ccc2c(c1)Cc1ccccc1-2. The summed E-state index contributed by atoms with van der Waals surface area (Å²) in [5.74, 6) is 0. The van der Waals surface area contributed by atoms with Crippen molar-refractivity contribution < 1.29 is 35.8 Å². The Morgan fingerprint density at radius 2 is 1.07 bits per heavy atom.